The maximum Gasteiger partial charge on any atom is 0.279 e. The Kier molecular flexibility index (Phi) is 9.01. The standard InChI is InChI=1S/C41H36N8O5/c1-27(9-6-7-19-46-26-31(18-20-50)44-45-46)41(54)36-22-33(49-39(52)35-15-5-3-12-30(35)24-43-49)16-17-37(36)47(40(41)53)25-28-10-8-13-32(21-28)48-38(51)34-14-4-2-11-29(34)23-42-48/h2-6,8-17,21-24,26-27,50,54H,7,18-20,25H2,1H3/b9-6+/t27-,41+/m1/s1. The van der Waals surface area contributed by atoms with Gasteiger partial charge >= 0.3 is 0 Å². The fourth-order valence-electron chi connectivity index (χ4n) is 7.07. The Balaban J connectivity index is 1.14. The molecule has 0 fully saturated rings. The van der Waals surface area contributed by atoms with Crippen molar-refractivity contribution in [1.29, 1.82) is 0 Å². The summed E-state index contributed by atoms with van der Waals surface area (Å²) in [7, 11) is 0. The van der Waals surface area contributed by atoms with E-state index in [0.717, 1.165) is 5.39 Å². The summed E-state index contributed by atoms with van der Waals surface area (Å²) >= 11 is 0. The van der Waals surface area contributed by atoms with Crippen LogP contribution in [0.25, 0.3) is 32.9 Å². The van der Waals surface area contributed by atoms with Gasteiger partial charge in [-0.1, -0.05) is 72.8 Å². The first-order chi connectivity index (χ1) is 26.3. The van der Waals surface area contributed by atoms with Gasteiger partial charge in [-0.05, 0) is 54.4 Å². The molecule has 7 aromatic rings. The van der Waals surface area contributed by atoms with Gasteiger partial charge in [0.25, 0.3) is 17.0 Å². The van der Waals surface area contributed by atoms with Crippen LogP contribution in [0.3, 0.4) is 0 Å². The number of benzene rings is 4. The number of hydrogen-bond donors (Lipinski definition) is 2. The molecule has 0 saturated heterocycles. The van der Waals surface area contributed by atoms with Gasteiger partial charge in [-0.3, -0.25) is 19.1 Å². The maximum atomic E-state index is 14.5. The van der Waals surface area contributed by atoms with E-state index in [1.54, 1.807) is 84.8 Å². The van der Waals surface area contributed by atoms with Crippen LogP contribution in [0, 0.1) is 5.92 Å². The van der Waals surface area contributed by atoms with Gasteiger partial charge in [0.1, 0.15) is 0 Å². The summed E-state index contributed by atoms with van der Waals surface area (Å²) < 4.78 is 4.29. The number of rotatable bonds is 11. The number of amides is 1. The molecule has 8 rings (SSSR count). The largest absolute Gasteiger partial charge is 0.396 e. The Hall–Kier alpha value is -6.57. The zero-order chi connectivity index (χ0) is 37.4. The van der Waals surface area contributed by atoms with Crippen LogP contribution in [-0.4, -0.2) is 57.3 Å². The van der Waals surface area contributed by atoms with Crippen molar-refractivity contribution < 1.29 is 15.0 Å². The Morgan fingerprint density at radius 1 is 0.815 bits per heavy atom. The van der Waals surface area contributed by atoms with Gasteiger partial charge < -0.3 is 15.1 Å². The number of allylic oxidation sites excluding steroid dienone is 1. The van der Waals surface area contributed by atoms with Crippen LogP contribution in [0.15, 0.2) is 131 Å². The Morgan fingerprint density at radius 2 is 1.48 bits per heavy atom. The normalized spacial score (nSPS) is 16.1. The maximum absolute atomic E-state index is 14.5. The second-order valence-corrected chi connectivity index (χ2v) is 13.4. The predicted molar refractivity (Wildman–Crippen MR) is 203 cm³/mol. The fourth-order valence-corrected chi connectivity index (χ4v) is 7.07. The monoisotopic (exact) mass is 720 g/mol. The Morgan fingerprint density at radius 3 is 2.17 bits per heavy atom. The minimum Gasteiger partial charge on any atom is -0.396 e. The van der Waals surface area contributed by atoms with Crippen LogP contribution in [0.2, 0.25) is 0 Å². The van der Waals surface area contributed by atoms with Gasteiger partial charge in [0.05, 0.1) is 52.5 Å². The van der Waals surface area contributed by atoms with E-state index < -0.39 is 17.4 Å². The first-order valence-corrected chi connectivity index (χ1v) is 17.7. The van der Waals surface area contributed by atoms with E-state index in [1.807, 2.05) is 48.6 Å². The molecule has 270 valence electrons. The third kappa shape index (κ3) is 6.08. The molecule has 0 spiro atoms. The third-order valence-electron chi connectivity index (χ3n) is 9.95. The van der Waals surface area contributed by atoms with Gasteiger partial charge in [0, 0.05) is 48.0 Å². The lowest BCUT2D eigenvalue weighted by molar-refractivity contribution is -0.139. The summed E-state index contributed by atoms with van der Waals surface area (Å²) in [5.74, 6) is -1.21. The lowest BCUT2D eigenvalue weighted by Gasteiger charge is -2.28. The molecule has 0 unspecified atom stereocenters. The van der Waals surface area contributed by atoms with Crippen molar-refractivity contribution in [1.82, 2.24) is 34.6 Å². The fraction of sp³-hybridized carbons (Fsp3) is 0.195. The molecule has 2 atom stereocenters. The Labute approximate surface area is 308 Å². The number of aromatic nitrogens is 7. The first kappa shape index (κ1) is 34.5. The number of carbonyl (C=O) groups is 1. The van der Waals surface area contributed by atoms with Crippen LogP contribution in [0.1, 0.15) is 30.2 Å². The minimum absolute atomic E-state index is 0.0123. The third-order valence-corrected chi connectivity index (χ3v) is 9.95. The molecule has 13 nitrogen and oxygen atoms in total. The molecular formula is C41H36N8O5. The smallest absolute Gasteiger partial charge is 0.279 e. The summed E-state index contributed by atoms with van der Waals surface area (Å²) in [5.41, 5.74) is 0.612. The van der Waals surface area contributed by atoms with Gasteiger partial charge in [0.15, 0.2) is 5.60 Å². The molecule has 1 aliphatic rings. The quantitative estimate of drug-likeness (QED) is 0.187. The molecule has 1 amide bonds. The highest BCUT2D eigenvalue weighted by atomic mass is 16.3. The molecule has 3 aromatic heterocycles. The van der Waals surface area contributed by atoms with E-state index in [2.05, 4.69) is 20.5 Å². The van der Waals surface area contributed by atoms with Crippen molar-refractivity contribution in [2.45, 2.75) is 38.5 Å². The summed E-state index contributed by atoms with van der Waals surface area (Å²) in [4.78, 5) is 43.0. The van der Waals surface area contributed by atoms with Crippen molar-refractivity contribution in [2.75, 3.05) is 11.5 Å². The molecule has 0 saturated carbocycles. The van der Waals surface area contributed by atoms with E-state index in [0.29, 0.717) is 69.4 Å². The molecule has 0 bridgehead atoms. The summed E-state index contributed by atoms with van der Waals surface area (Å²) in [6, 6.07) is 26.8. The highest BCUT2D eigenvalue weighted by Gasteiger charge is 2.52. The average Bonchev–Trinajstić information content (AvgIpc) is 3.73. The van der Waals surface area contributed by atoms with E-state index in [4.69, 9.17) is 0 Å². The topological polar surface area (TPSA) is 161 Å². The van der Waals surface area contributed by atoms with Crippen molar-refractivity contribution in [3.8, 4) is 11.4 Å². The number of nitrogens with zero attached hydrogens (tertiary/aromatic N) is 8. The van der Waals surface area contributed by atoms with Crippen LogP contribution in [0.5, 0.6) is 0 Å². The van der Waals surface area contributed by atoms with Crippen LogP contribution in [0.4, 0.5) is 5.69 Å². The first-order valence-electron chi connectivity index (χ1n) is 17.7. The van der Waals surface area contributed by atoms with E-state index in [1.165, 1.54) is 14.3 Å². The number of aliphatic hydroxyl groups excluding tert-OH is 1. The predicted octanol–water partition coefficient (Wildman–Crippen LogP) is 4.23. The van der Waals surface area contributed by atoms with Gasteiger partial charge in [0.2, 0.25) is 0 Å². The van der Waals surface area contributed by atoms with Crippen molar-refractivity contribution in [3.63, 3.8) is 0 Å². The number of aryl methyl sites for hydroxylation is 1. The molecule has 2 N–H and O–H groups in total. The SMILES string of the molecule is C[C@H](/C=C/CCn1cc(CCO)nn1)[C@@]1(O)C(=O)N(Cc2cccc(-n3ncc4ccccc4c3=O)c2)c2ccc(-n3ncc4ccccc4c3=O)cc21. The zero-order valence-electron chi connectivity index (χ0n) is 29.4. The van der Waals surface area contributed by atoms with Crippen LogP contribution in [-0.2, 0) is 29.9 Å². The molecule has 4 aromatic carbocycles. The minimum atomic E-state index is -1.99. The molecule has 1 aliphatic heterocycles. The molecule has 54 heavy (non-hydrogen) atoms. The van der Waals surface area contributed by atoms with Crippen molar-refractivity contribution in [2.24, 2.45) is 5.92 Å². The van der Waals surface area contributed by atoms with Crippen molar-refractivity contribution in [3.05, 3.63) is 159 Å². The second kappa shape index (κ2) is 14.1. The zero-order valence-corrected chi connectivity index (χ0v) is 29.4. The molecule has 4 heterocycles. The number of aliphatic hydroxyl groups is 2. The van der Waals surface area contributed by atoms with E-state index in [-0.39, 0.29) is 24.3 Å². The molecule has 0 radical (unpaired) electrons. The molecule has 0 aliphatic carbocycles. The van der Waals surface area contributed by atoms with E-state index >= 15 is 0 Å². The van der Waals surface area contributed by atoms with Crippen LogP contribution >= 0.6 is 0 Å². The lowest BCUT2D eigenvalue weighted by atomic mass is 9.82. The lowest BCUT2D eigenvalue weighted by Crippen LogP contribution is -2.44. The summed E-state index contributed by atoms with van der Waals surface area (Å²) in [6.45, 7) is 2.38. The highest BCUT2D eigenvalue weighted by Crippen LogP contribution is 2.46. The molecular weight excluding hydrogens is 685 g/mol. The second-order valence-electron chi connectivity index (χ2n) is 13.4. The van der Waals surface area contributed by atoms with E-state index in [9.17, 15) is 24.6 Å². The van der Waals surface area contributed by atoms with Gasteiger partial charge in [-0.2, -0.15) is 19.6 Å². The number of anilines is 1. The Bertz CT molecular complexity index is 2700. The summed E-state index contributed by atoms with van der Waals surface area (Å²) in [5, 5.41) is 41.2. The van der Waals surface area contributed by atoms with Crippen LogP contribution < -0.4 is 16.0 Å². The highest BCUT2D eigenvalue weighted by molar-refractivity contribution is 6.07. The number of hydrogen-bond acceptors (Lipinski definition) is 9. The number of carbonyl (C=O) groups excluding carboxylic acids is 1. The van der Waals surface area contributed by atoms with Crippen molar-refractivity contribution >= 4 is 33.1 Å². The van der Waals surface area contributed by atoms with Gasteiger partial charge in [-0.25, -0.2) is 0 Å². The molecule has 13 heteroatoms. The average molecular weight is 721 g/mol. The summed E-state index contributed by atoms with van der Waals surface area (Å²) in [6.07, 6.45) is 9.71. The van der Waals surface area contributed by atoms with Gasteiger partial charge in [-0.15, -0.1) is 5.10 Å². The number of fused-ring (bicyclic) bond motifs is 3.